The summed E-state index contributed by atoms with van der Waals surface area (Å²) in [6.07, 6.45) is 2.50. The number of rotatable bonds is 6. The molecule has 6 atom stereocenters. The summed E-state index contributed by atoms with van der Waals surface area (Å²) in [6.45, 7) is 0. The summed E-state index contributed by atoms with van der Waals surface area (Å²) in [5, 5.41) is 20.2. The molecule has 4 rings (SSSR count). The van der Waals surface area contributed by atoms with Gasteiger partial charge in [-0.2, -0.15) is 0 Å². The fourth-order valence-corrected chi connectivity index (χ4v) is 5.36. The minimum Gasteiger partial charge on any atom is -0.756 e. The number of hydrogen-bond donors (Lipinski definition) is 5. The largest absolute Gasteiger partial charge is 0.756 e. The number of nitrogens with two attached hydrogens (primary N) is 1. The first kappa shape index (κ1) is 27.0. The first-order valence-corrected chi connectivity index (χ1v) is 13.3. The van der Waals surface area contributed by atoms with Gasteiger partial charge >= 0.3 is 7.82 Å². The van der Waals surface area contributed by atoms with Crippen LogP contribution in [0, 0.1) is 0 Å². The highest BCUT2D eigenvalue weighted by atomic mass is 31.3. The zero-order valence-corrected chi connectivity index (χ0v) is 20.0. The van der Waals surface area contributed by atoms with Crippen LogP contribution >= 0.6 is 15.6 Å². The molecule has 1 aliphatic carbocycles. The molecule has 1 saturated carbocycles. The molecule has 34 heavy (non-hydrogen) atoms. The molecule has 192 valence electrons. The van der Waals surface area contributed by atoms with Gasteiger partial charge in [-0.05, 0) is 25.7 Å². The molecule has 3 heterocycles. The number of phosphoric ester groups is 2. The van der Waals surface area contributed by atoms with Gasteiger partial charge in [0.15, 0.2) is 24.0 Å². The van der Waals surface area contributed by atoms with E-state index in [2.05, 4.69) is 34.0 Å². The van der Waals surface area contributed by atoms with Crippen LogP contribution in [0.25, 0.3) is 11.2 Å². The van der Waals surface area contributed by atoms with E-state index in [9.17, 15) is 24.2 Å². The number of imidazole rings is 1. The highest BCUT2D eigenvalue weighted by molar-refractivity contribution is 7.60. The van der Waals surface area contributed by atoms with E-state index in [-0.39, 0.29) is 17.0 Å². The van der Waals surface area contributed by atoms with Crippen LogP contribution < -0.4 is 16.4 Å². The van der Waals surface area contributed by atoms with Crippen molar-refractivity contribution in [2.24, 2.45) is 0 Å². The van der Waals surface area contributed by atoms with Crippen LogP contribution in [0.15, 0.2) is 12.7 Å². The average molecular weight is 526 g/mol. The summed E-state index contributed by atoms with van der Waals surface area (Å²) in [4.78, 5) is 32.4. The predicted molar refractivity (Wildman–Crippen MR) is 112 cm³/mol. The molecule has 0 aromatic carbocycles. The maximum Gasteiger partial charge on any atom is 0.478 e. The van der Waals surface area contributed by atoms with E-state index in [1.165, 1.54) is 43.0 Å². The lowest BCUT2D eigenvalue weighted by molar-refractivity contribution is -0.425. The number of aliphatic hydroxyl groups excluding tert-OH is 2. The van der Waals surface area contributed by atoms with Crippen LogP contribution in [0.3, 0.4) is 0 Å². The van der Waals surface area contributed by atoms with Crippen molar-refractivity contribution in [1.82, 2.24) is 19.5 Å². The third-order valence-electron chi connectivity index (χ3n) is 5.25. The molecular formula is C16H28N6O10P2. The van der Waals surface area contributed by atoms with E-state index in [0.29, 0.717) is 0 Å². The minimum atomic E-state index is -5.46. The van der Waals surface area contributed by atoms with E-state index in [1.54, 1.807) is 0 Å². The van der Waals surface area contributed by atoms with Gasteiger partial charge in [-0.15, -0.1) is 0 Å². The van der Waals surface area contributed by atoms with Crippen molar-refractivity contribution in [3.63, 3.8) is 0 Å². The van der Waals surface area contributed by atoms with Crippen molar-refractivity contribution in [2.75, 3.05) is 12.8 Å². The van der Waals surface area contributed by atoms with Crippen LogP contribution in [0.4, 0.5) is 5.82 Å². The lowest BCUT2D eigenvalue weighted by Gasteiger charge is -2.27. The maximum absolute atomic E-state index is 11.7. The Morgan fingerprint density at radius 2 is 1.88 bits per heavy atom. The summed E-state index contributed by atoms with van der Waals surface area (Å²) in [7, 11) is -9.66. The van der Waals surface area contributed by atoms with E-state index < -0.39 is 40.4 Å². The number of phosphoric acid groups is 2. The van der Waals surface area contributed by atoms with Crippen LogP contribution in [0.1, 0.15) is 38.3 Å². The SMILES string of the molecule is COP(=O)(O)OP(=O)([O-])O[C@H]1OC(n2cnc3c(N)ncnc32)C(O)C1O.[NH3+]C1CCCCC1. The normalized spacial score (nSPS) is 29.2. The Hall–Kier alpha value is -1.55. The smallest absolute Gasteiger partial charge is 0.478 e. The van der Waals surface area contributed by atoms with Crippen molar-refractivity contribution in [1.29, 1.82) is 0 Å². The zero-order chi connectivity index (χ0) is 25.1. The van der Waals surface area contributed by atoms with Crippen molar-refractivity contribution < 1.29 is 53.0 Å². The number of nitrogen functional groups attached to an aromatic ring is 1. The lowest BCUT2D eigenvalue weighted by Crippen LogP contribution is -2.61. The summed E-state index contributed by atoms with van der Waals surface area (Å²) < 4.78 is 41.6. The molecule has 2 aliphatic rings. The number of fused-ring (bicyclic) bond motifs is 1. The number of hydrogen-bond acceptors (Lipinski definition) is 13. The first-order chi connectivity index (χ1) is 15.9. The van der Waals surface area contributed by atoms with Crippen molar-refractivity contribution in [2.45, 2.75) is 62.9 Å². The van der Waals surface area contributed by atoms with Gasteiger partial charge in [-0.1, -0.05) is 6.42 Å². The van der Waals surface area contributed by atoms with Gasteiger partial charge in [-0.25, -0.2) is 23.8 Å². The van der Waals surface area contributed by atoms with Gasteiger partial charge in [0, 0.05) is 7.11 Å². The third-order valence-corrected chi connectivity index (χ3v) is 7.80. The van der Waals surface area contributed by atoms with Crippen molar-refractivity contribution >= 4 is 32.6 Å². The lowest BCUT2D eigenvalue weighted by atomic mass is 9.97. The standard InChI is InChI=1S/C10H15N5O10P2.C6H13N/c1-22-26(18,19)25-27(20,21)24-10-6(17)5(16)9(23-10)15-3-14-4-7(11)12-2-13-8(4)15;7-6-4-2-1-3-5-6/h2-3,5-6,9-10,16-17H,1H3,(H,18,19)(H,20,21)(H2,11,12,13);6H,1-5,7H2/t5?,6?,9?,10-;/m1./s1. The zero-order valence-electron chi connectivity index (χ0n) is 18.2. The van der Waals surface area contributed by atoms with E-state index >= 15 is 0 Å². The fourth-order valence-electron chi connectivity index (χ4n) is 3.49. The van der Waals surface area contributed by atoms with E-state index in [0.717, 1.165) is 19.5 Å². The molecule has 1 saturated heterocycles. The van der Waals surface area contributed by atoms with Crippen molar-refractivity contribution in [3.05, 3.63) is 12.7 Å². The number of nitrogens with zero attached hydrogens (tertiary/aromatic N) is 4. The summed E-state index contributed by atoms with van der Waals surface area (Å²) in [6, 6.07) is 0.786. The summed E-state index contributed by atoms with van der Waals surface area (Å²) >= 11 is 0. The summed E-state index contributed by atoms with van der Waals surface area (Å²) in [5.41, 5.74) is 9.97. The highest BCUT2D eigenvalue weighted by Gasteiger charge is 2.47. The average Bonchev–Trinajstić information content (AvgIpc) is 3.31. The molecule has 0 bridgehead atoms. The molecule has 2 fully saturated rings. The molecule has 2 aromatic rings. The third kappa shape index (κ3) is 6.56. The predicted octanol–water partition coefficient (Wildman–Crippen LogP) is -1.21. The van der Waals surface area contributed by atoms with Gasteiger partial charge in [0.1, 0.15) is 24.1 Å². The van der Waals surface area contributed by atoms with Gasteiger partial charge in [-0.3, -0.25) is 18.2 Å². The molecule has 8 N–H and O–H groups in total. The van der Waals surface area contributed by atoms with Crippen LogP contribution in [-0.4, -0.2) is 66.3 Å². The molecular weight excluding hydrogens is 498 g/mol. The van der Waals surface area contributed by atoms with Gasteiger partial charge in [0.25, 0.3) is 7.82 Å². The van der Waals surface area contributed by atoms with Gasteiger partial charge in [0.05, 0.1) is 12.4 Å². The Morgan fingerprint density at radius 3 is 2.47 bits per heavy atom. The Balaban J connectivity index is 0.000000396. The Morgan fingerprint density at radius 1 is 1.21 bits per heavy atom. The number of quaternary nitrogens is 1. The molecule has 2 aromatic heterocycles. The molecule has 16 nitrogen and oxygen atoms in total. The number of ether oxygens (including phenoxy) is 1. The summed E-state index contributed by atoms with van der Waals surface area (Å²) in [5.74, 6) is 0.0512. The van der Waals surface area contributed by atoms with E-state index in [4.69, 9.17) is 15.4 Å². The number of aromatic nitrogens is 4. The highest BCUT2D eigenvalue weighted by Crippen LogP contribution is 2.58. The van der Waals surface area contributed by atoms with Crippen LogP contribution in [-0.2, 0) is 27.2 Å². The van der Waals surface area contributed by atoms with Crippen molar-refractivity contribution in [3.8, 4) is 0 Å². The maximum atomic E-state index is 11.7. The monoisotopic (exact) mass is 526 g/mol. The van der Waals surface area contributed by atoms with Crippen LogP contribution in [0.2, 0.25) is 0 Å². The number of anilines is 1. The molecule has 0 radical (unpaired) electrons. The molecule has 0 spiro atoms. The van der Waals surface area contributed by atoms with Gasteiger partial charge < -0.3 is 36.2 Å². The van der Waals surface area contributed by atoms with Gasteiger partial charge in [0.2, 0.25) is 0 Å². The number of aliphatic hydroxyl groups is 2. The van der Waals surface area contributed by atoms with E-state index in [1.807, 2.05) is 0 Å². The molecule has 5 unspecified atom stereocenters. The first-order valence-electron chi connectivity index (χ1n) is 10.3. The second-order valence-corrected chi connectivity index (χ2v) is 10.8. The molecule has 18 heteroatoms. The molecule has 1 aliphatic heterocycles. The Kier molecular flexibility index (Phi) is 8.76. The second-order valence-electron chi connectivity index (χ2n) is 7.75. The second kappa shape index (κ2) is 11.0. The Bertz CT molecular complexity index is 1070. The topological polar surface area (TPSA) is 252 Å². The fraction of sp³-hybridized carbons (Fsp3) is 0.688. The minimum absolute atomic E-state index is 0.0512. The Labute approximate surface area is 194 Å². The molecule has 0 amide bonds. The quantitative estimate of drug-likeness (QED) is 0.277. The van der Waals surface area contributed by atoms with Crippen LogP contribution in [0.5, 0.6) is 0 Å².